The number of esters is 1. The van der Waals surface area contributed by atoms with E-state index in [0.29, 0.717) is 55.0 Å². The van der Waals surface area contributed by atoms with E-state index in [9.17, 15) is 85.8 Å². The van der Waals surface area contributed by atoms with Crippen molar-refractivity contribution in [3.8, 4) is 56.2 Å². The van der Waals surface area contributed by atoms with Gasteiger partial charge < -0.3 is 64.6 Å². The van der Waals surface area contributed by atoms with Gasteiger partial charge in [0.2, 0.25) is 0 Å². The number of nitrogen functional groups attached to an aromatic ring is 5. The number of pyridine rings is 6. The van der Waals surface area contributed by atoms with Crippen LogP contribution in [0, 0.1) is 33.5 Å². The number of alkyl halides is 12. The van der Waals surface area contributed by atoms with Crippen LogP contribution >= 0.6 is 22.9 Å². The molecular formula is C98H81ClF13N23O7S. The van der Waals surface area contributed by atoms with Crippen molar-refractivity contribution in [3.63, 3.8) is 0 Å². The Bertz CT molecular complexity index is 7730. The third-order valence-corrected chi connectivity index (χ3v) is 22.7. The van der Waals surface area contributed by atoms with E-state index in [2.05, 4.69) is 76.5 Å². The SMILES string of the molecule is COC(=O)c1scc2c(-c3ccc(NC(=O)c4ccc(C)cc4)nc3N)cc(C(F)(F)F)nc12.Cc1ccc(C(=O)Nc2ccc(-c3cc(C(F)(F)F)nn3C)c(N)n2)cc1.Cc1cccc(C(=O)Nc2ccc(-c3cc(C(F)(F)F)nn3C)c(N)n2)c1.Cc1ccccc1C(=O)Nc1ccc(-c2cc(C(F)(F)F)nn2C)c(N)n1.Cn1c(-c2ccc(NC(=O)c3ccccc3Cl)nc2N)cc2c(F)cccc21. The normalized spacial score (nSPS) is 11.3. The number of halogens is 14. The molecule has 0 aliphatic rings. The minimum atomic E-state index is -4.76. The summed E-state index contributed by atoms with van der Waals surface area (Å²) < 4.78 is 180. The number of rotatable bonds is 16. The average molecular weight is 2010 g/mol. The Hall–Kier alpha value is -17.5. The van der Waals surface area contributed by atoms with Gasteiger partial charge in [-0.05, 0) is 197 Å². The molecule has 143 heavy (non-hydrogen) atoms. The number of hydrogen-bond donors (Lipinski definition) is 10. The van der Waals surface area contributed by atoms with E-state index in [1.165, 1.54) is 81.1 Å². The highest BCUT2D eigenvalue weighted by molar-refractivity contribution is 7.13. The summed E-state index contributed by atoms with van der Waals surface area (Å²) >= 11 is 6.97. The first-order valence-electron chi connectivity index (χ1n) is 42.1. The average Bonchev–Trinajstić information content (AvgIpc) is 1.65. The second-order valence-corrected chi connectivity index (χ2v) is 32.8. The van der Waals surface area contributed by atoms with Crippen molar-refractivity contribution in [2.24, 2.45) is 28.2 Å². The maximum Gasteiger partial charge on any atom is 0.435 e. The Balaban J connectivity index is 0.000000150. The van der Waals surface area contributed by atoms with Crippen LogP contribution in [0.15, 0.2) is 236 Å². The predicted octanol–water partition coefficient (Wildman–Crippen LogP) is 21.1. The Morgan fingerprint density at radius 1 is 0.357 bits per heavy atom. The molecule has 17 aromatic rings. The summed E-state index contributed by atoms with van der Waals surface area (Å²) in [7, 11) is 7.13. The van der Waals surface area contributed by atoms with Crippen LogP contribution in [-0.2, 0) is 57.6 Å². The number of carbonyl (C=O) groups is 6. The van der Waals surface area contributed by atoms with Crippen molar-refractivity contribution >= 4 is 138 Å². The van der Waals surface area contributed by atoms with Gasteiger partial charge in [-0.3, -0.25) is 38.0 Å². The molecule has 15 N–H and O–H groups in total. The molecule has 0 aliphatic heterocycles. The van der Waals surface area contributed by atoms with Gasteiger partial charge in [0, 0.05) is 94.4 Å². The molecule has 0 bridgehead atoms. The maximum atomic E-state index is 14.1. The van der Waals surface area contributed by atoms with Crippen LogP contribution in [0.3, 0.4) is 0 Å². The summed E-state index contributed by atoms with van der Waals surface area (Å²) in [6.45, 7) is 7.47. The van der Waals surface area contributed by atoms with Gasteiger partial charge >= 0.3 is 30.7 Å². The van der Waals surface area contributed by atoms with E-state index in [4.69, 9.17) is 40.3 Å². The number of benzene rings is 6. The molecule has 17 rings (SSSR count). The van der Waals surface area contributed by atoms with Crippen molar-refractivity contribution in [2.45, 2.75) is 52.4 Å². The third-order valence-electron chi connectivity index (χ3n) is 21.4. The molecule has 734 valence electrons. The topological polar surface area (TPSA) is 438 Å². The number of nitrogens with zero attached hydrogens (tertiary/aromatic N) is 13. The van der Waals surface area contributed by atoms with Gasteiger partial charge in [-0.1, -0.05) is 101 Å². The number of aromatic nitrogens is 13. The second kappa shape index (κ2) is 42.5. The van der Waals surface area contributed by atoms with E-state index in [-0.39, 0.29) is 137 Å². The summed E-state index contributed by atoms with van der Waals surface area (Å²) in [4.78, 5) is 97.9. The molecule has 0 aliphatic carbocycles. The second-order valence-electron chi connectivity index (χ2n) is 31.6. The summed E-state index contributed by atoms with van der Waals surface area (Å²) in [5, 5.41) is 26.2. The zero-order chi connectivity index (χ0) is 104. The van der Waals surface area contributed by atoms with Crippen LogP contribution in [0.2, 0.25) is 5.02 Å². The molecule has 11 aromatic heterocycles. The summed E-state index contributed by atoms with van der Waals surface area (Å²) in [5.41, 5.74) is 35.2. The molecule has 6 aromatic carbocycles. The molecule has 45 heteroatoms. The monoisotopic (exact) mass is 2010 g/mol. The van der Waals surface area contributed by atoms with E-state index in [1.54, 1.807) is 140 Å². The molecule has 0 saturated heterocycles. The van der Waals surface area contributed by atoms with Crippen molar-refractivity contribution in [3.05, 3.63) is 324 Å². The molecule has 0 saturated carbocycles. The first-order chi connectivity index (χ1) is 67.5. The fourth-order valence-corrected chi connectivity index (χ4v) is 15.3. The lowest BCUT2D eigenvalue weighted by atomic mass is 10.0. The van der Waals surface area contributed by atoms with E-state index in [0.717, 1.165) is 90.2 Å². The van der Waals surface area contributed by atoms with E-state index in [1.807, 2.05) is 50.6 Å². The number of hydrogen-bond acceptors (Lipinski definition) is 22. The number of carbonyl (C=O) groups excluding carboxylic acids is 6. The van der Waals surface area contributed by atoms with Crippen LogP contribution in [-0.4, -0.2) is 106 Å². The van der Waals surface area contributed by atoms with Crippen molar-refractivity contribution in [2.75, 3.05) is 62.4 Å². The van der Waals surface area contributed by atoms with Crippen LogP contribution in [0.4, 0.5) is 115 Å². The fraction of sp³-hybridized carbons (Fsp3) is 0.133. The van der Waals surface area contributed by atoms with Crippen molar-refractivity contribution in [1.82, 2.24) is 63.8 Å². The highest BCUT2D eigenvalue weighted by Gasteiger charge is 2.39. The molecule has 5 amide bonds. The lowest BCUT2D eigenvalue weighted by Crippen LogP contribution is -2.14. The number of methoxy groups -OCH3 is 1. The summed E-state index contributed by atoms with van der Waals surface area (Å²) in [6.07, 6.45) is -18.4. The number of thiophene rings is 1. The van der Waals surface area contributed by atoms with Gasteiger partial charge in [0.15, 0.2) is 17.1 Å². The number of amides is 5. The lowest BCUT2D eigenvalue weighted by molar-refractivity contribution is -0.142. The first-order valence-corrected chi connectivity index (χ1v) is 43.3. The standard InChI is InChI=1S/C23H17F3N4O3S.C21H16ClFN4O.3C18H16F3N5O/c1-11-3-5-12(6-4-11)21(31)30-17-8-7-13(20(27)29-17)14-9-16(23(24,25)26)28-18-15(14)10-34-19(18)22(32)33-2;1-27-17-8-4-7-16(23)14(17)11-18(27)13-9-10-19(25-20(13)24)26-21(28)12-5-2-3-6-15(12)22;1-10-3-5-11(6-4-10)17(27)24-15-8-7-12(16(22)23-15)13-9-14(18(19,20)21)25-26(13)2;1-10-4-3-5-11(8-10)17(27)24-15-7-6-12(16(22)23-15)13-9-14(18(19,20)21)25-26(13)2;1-10-5-3-4-6-11(10)17(27)24-15-8-7-12(16(22)23-15)13-9-14(18(19,20)21)25-26(13)2/h3-10H,1-2H3,(H3,27,29,30,31);2-11H,1H3,(H3,24,25,26,28);3*3-9H,1-2H3,(H3,22,23,24,27). The number of ether oxygens (including phenoxy) is 1. The molecule has 30 nitrogen and oxygen atoms in total. The van der Waals surface area contributed by atoms with Gasteiger partial charge in [0.1, 0.15) is 74.6 Å². The van der Waals surface area contributed by atoms with Crippen LogP contribution in [0.25, 0.3) is 78.0 Å². The number of aryl methyl sites for hydroxylation is 8. The first kappa shape index (κ1) is 103. The molecular weight excluding hydrogens is 1930 g/mol. The van der Waals surface area contributed by atoms with Gasteiger partial charge in [-0.2, -0.15) is 68.0 Å². The highest BCUT2D eigenvalue weighted by atomic mass is 35.5. The van der Waals surface area contributed by atoms with Gasteiger partial charge in [-0.15, -0.1) is 11.3 Å². The van der Waals surface area contributed by atoms with Gasteiger partial charge in [0.05, 0.1) is 51.5 Å². The van der Waals surface area contributed by atoms with Gasteiger partial charge in [0.25, 0.3) is 29.5 Å². The molecule has 0 spiro atoms. The van der Waals surface area contributed by atoms with Crippen molar-refractivity contribution in [1.29, 1.82) is 0 Å². The Morgan fingerprint density at radius 3 is 1.10 bits per heavy atom. The van der Waals surface area contributed by atoms with Crippen molar-refractivity contribution < 1.29 is 90.6 Å². The Morgan fingerprint density at radius 2 is 0.727 bits per heavy atom. The maximum absolute atomic E-state index is 14.1. The Kier molecular flexibility index (Phi) is 30.6. The Labute approximate surface area is 812 Å². The third kappa shape index (κ3) is 24.5. The molecule has 0 radical (unpaired) electrons. The zero-order valence-electron chi connectivity index (χ0n) is 76.3. The largest absolute Gasteiger partial charge is 0.465 e. The molecule has 0 fully saturated rings. The van der Waals surface area contributed by atoms with E-state index >= 15 is 0 Å². The summed E-state index contributed by atoms with van der Waals surface area (Å²) in [6, 6.07) is 60.0. The molecule has 11 heterocycles. The number of anilines is 10. The van der Waals surface area contributed by atoms with E-state index < -0.39 is 59.4 Å². The summed E-state index contributed by atoms with van der Waals surface area (Å²) in [5.74, 6) is -1.88. The number of nitrogens with one attached hydrogen (secondary N) is 5. The minimum absolute atomic E-state index is 0.0192. The van der Waals surface area contributed by atoms with Crippen LogP contribution in [0.5, 0.6) is 0 Å². The number of nitrogens with two attached hydrogens (primary N) is 5. The predicted molar refractivity (Wildman–Crippen MR) is 518 cm³/mol. The van der Waals surface area contributed by atoms with Crippen LogP contribution < -0.4 is 55.3 Å². The molecule has 0 atom stereocenters. The van der Waals surface area contributed by atoms with Crippen LogP contribution in [0.1, 0.15) is 106 Å². The smallest absolute Gasteiger partial charge is 0.435 e. The van der Waals surface area contributed by atoms with Gasteiger partial charge in [-0.25, -0.2) is 39.1 Å². The quantitative estimate of drug-likeness (QED) is 0.0317. The molecule has 0 unspecified atom stereocenters. The number of fused-ring (bicyclic) bond motifs is 2. The minimum Gasteiger partial charge on any atom is -0.465 e. The fourth-order valence-electron chi connectivity index (χ4n) is 14.2. The highest BCUT2D eigenvalue weighted by Crippen LogP contribution is 2.43. The zero-order valence-corrected chi connectivity index (χ0v) is 77.8. The lowest BCUT2D eigenvalue weighted by Gasteiger charge is -2.13.